The topological polar surface area (TPSA) is 103 Å². The van der Waals surface area contributed by atoms with Gasteiger partial charge in [-0.1, -0.05) is 4.85 Å². The van der Waals surface area contributed by atoms with E-state index in [9.17, 15) is 15.3 Å². The molecule has 0 spiro atoms. The second kappa shape index (κ2) is 3.08. The summed E-state index contributed by atoms with van der Waals surface area (Å²) < 4.78 is 4.90. The quantitative estimate of drug-likeness (QED) is 0.441. The van der Waals surface area contributed by atoms with Crippen molar-refractivity contribution < 1.29 is 14.9 Å². The van der Waals surface area contributed by atoms with Crippen LogP contribution in [0.5, 0.6) is 5.75 Å². The maximum absolute atomic E-state index is 10.6. The summed E-state index contributed by atoms with van der Waals surface area (Å²) in [6, 6.07) is 2.38. The number of non-ortho nitro benzene ring substituents is 1. The Morgan fingerprint density at radius 3 is 2.93 bits per heavy atom. The Labute approximate surface area is 82.8 Å². The van der Waals surface area contributed by atoms with Crippen molar-refractivity contribution in [2.75, 3.05) is 7.11 Å². The highest BCUT2D eigenvalue weighted by Gasteiger charge is 2.16. The summed E-state index contributed by atoms with van der Waals surface area (Å²) in [5, 5.41) is 26.7. The molecule has 0 saturated carbocycles. The first-order valence-electron chi connectivity index (χ1n) is 3.90. The first-order chi connectivity index (χ1) is 7.13. The van der Waals surface area contributed by atoms with E-state index in [1.165, 1.54) is 13.2 Å². The van der Waals surface area contributed by atoms with E-state index in [1.54, 1.807) is 0 Å². The zero-order chi connectivity index (χ0) is 11.0. The number of hydrogen-bond donors (Lipinski definition) is 1. The molecule has 1 heterocycles. The lowest BCUT2D eigenvalue weighted by Gasteiger charge is -1.99. The number of nitrogens with zero attached hydrogens (tertiary/aromatic N) is 4. The molecule has 2 aromatic rings. The summed E-state index contributed by atoms with van der Waals surface area (Å²) in [6.07, 6.45) is 0. The van der Waals surface area contributed by atoms with Crippen LogP contribution in [0.1, 0.15) is 0 Å². The predicted molar refractivity (Wildman–Crippen MR) is 47.9 cm³/mol. The fraction of sp³-hybridized carbons (Fsp3) is 0.143. The van der Waals surface area contributed by atoms with Gasteiger partial charge in [0.25, 0.3) is 5.69 Å². The SMILES string of the molecule is COc1cc([N+](=O)[O-])cc2c1nnn2O. The third kappa shape index (κ3) is 1.31. The minimum Gasteiger partial charge on any atom is -0.494 e. The van der Waals surface area contributed by atoms with Crippen molar-refractivity contribution in [1.82, 2.24) is 15.2 Å². The Bertz CT molecular complexity index is 535. The van der Waals surface area contributed by atoms with Crippen molar-refractivity contribution in [3.8, 4) is 5.75 Å². The molecular weight excluding hydrogens is 204 g/mol. The summed E-state index contributed by atoms with van der Waals surface area (Å²) >= 11 is 0. The highest BCUT2D eigenvalue weighted by atomic mass is 16.6. The Hall–Kier alpha value is -2.38. The molecule has 0 amide bonds. The number of rotatable bonds is 2. The molecule has 0 fully saturated rings. The van der Waals surface area contributed by atoms with Crippen LogP contribution in [0.15, 0.2) is 12.1 Å². The van der Waals surface area contributed by atoms with Crippen molar-refractivity contribution in [1.29, 1.82) is 0 Å². The van der Waals surface area contributed by atoms with E-state index in [4.69, 9.17) is 4.74 Å². The fourth-order valence-corrected chi connectivity index (χ4v) is 1.23. The minimum absolute atomic E-state index is 0.126. The van der Waals surface area contributed by atoms with Crippen LogP contribution in [0.4, 0.5) is 5.69 Å². The molecule has 8 heteroatoms. The van der Waals surface area contributed by atoms with E-state index in [-0.39, 0.29) is 22.5 Å². The number of fused-ring (bicyclic) bond motifs is 1. The van der Waals surface area contributed by atoms with Crippen LogP contribution in [0, 0.1) is 10.1 Å². The predicted octanol–water partition coefficient (Wildman–Crippen LogP) is 0.585. The highest BCUT2D eigenvalue weighted by Crippen LogP contribution is 2.28. The van der Waals surface area contributed by atoms with Gasteiger partial charge in [0.15, 0.2) is 11.3 Å². The second-order valence-corrected chi connectivity index (χ2v) is 2.75. The molecule has 0 atom stereocenters. The highest BCUT2D eigenvalue weighted by molar-refractivity contribution is 5.83. The van der Waals surface area contributed by atoms with E-state index < -0.39 is 4.92 Å². The fourth-order valence-electron chi connectivity index (χ4n) is 1.23. The van der Waals surface area contributed by atoms with Crippen molar-refractivity contribution in [2.24, 2.45) is 0 Å². The van der Waals surface area contributed by atoms with Crippen molar-refractivity contribution >= 4 is 16.7 Å². The third-order valence-electron chi connectivity index (χ3n) is 1.92. The summed E-state index contributed by atoms with van der Waals surface area (Å²) in [4.78, 5) is 10.4. The van der Waals surface area contributed by atoms with Gasteiger partial charge in [-0.25, -0.2) is 0 Å². The van der Waals surface area contributed by atoms with Gasteiger partial charge < -0.3 is 9.94 Å². The summed E-state index contributed by atoms with van der Waals surface area (Å²) in [5.74, 6) is 0.194. The second-order valence-electron chi connectivity index (χ2n) is 2.75. The van der Waals surface area contributed by atoms with Crippen molar-refractivity contribution in [2.45, 2.75) is 0 Å². The molecule has 0 saturated heterocycles. The molecule has 0 radical (unpaired) electrons. The molecule has 0 unspecified atom stereocenters. The van der Waals surface area contributed by atoms with Crippen LogP contribution in [0.2, 0.25) is 0 Å². The van der Waals surface area contributed by atoms with E-state index in [0.29, 0.717) is 4.85 Å². The maximum Gasteiger partial charge on any atom is 0.275 e. The zero-order valence-electron chi connectivity index (χ0n) is 7.62. The van der Waals surface area contributed by atoms with Crippen LogP contribution < -0.4 is 4.74 Å². The smallest absolute Gasteiger partial charge is 0.275 e. The Kier molecular flexibility index (Phi) is 1.89. The van der Waals surface area contributed by atoms with Gasteiger partial charge in [0.2, 0.25) is 0 Å². The lowest BCUT2D eigenvalue weighted by Crippen LogP contribution is -1.94. The van der Waals surface area contributed by atoms with E-state index >= 15 is 0 Å². The van der Waals surface area contributed by atoms with Gasteiger partial charge in [0.05, 0.1) is 18.1 Å². The molecule has 15 heavy (non-hydrogen) atoms. The van der Waals surface area contributed by atoms with Gasteiger partial charge in [-0.3, -0.25) is 10.1 Å². The number of methoxy groups -OCH3 is 1. The Balaban J connectivity index is 2.79. The lowest BCUT2D eigenvalue weighted by molar-refractivity contribution is -0.384. The van der Waals surface area contributed by atoms with E-state index in [0.717, 1.165) is 6.07 Å². The first-order valence-corrected chi connectivity index (χ1v) is 3.90. The molecule has 0 aliphatic rings. The monoisotopic (exact) mass is 210 g/mol. The standard InChI is InChI=1S/C7H6N4O4/c1-15-6-3-4(11(13)14)2-5-7(6)8-9-10(5)12/h2-3,12H,1H3. The lowest BCUT2D eigenvalue weighted by atomic mass is 10.2. The average molecular weight is 210 g/mol. The maximum atomic E-state index is 10.6. The van der Waals surface area contributed by atoms with Crippen LogP contribution in [-0.4, -0.2) is 32.4 Å². The average Bonchev–Trinajstić information content (AvgIpc) is 2.59. The molecule has 1 N–H and O–H groups in total. The number of nitro benzene ring substituents is 1. The number of nitro groups is 1. The normalized spacial score (nSPS) is 10.5. The molecule has 1 aromatic heterocycles. The third-order valence-corrected chi connectivity index (χ3v) is 1.92. The van der Waals surface area contributed by atoms with Gasteiger partial charge in [-0.15, -0.1) is 5.10 Å². The van der Waals surface area contributed by atoms with Crippen LogP contribution in [-0.2, 0) is 0 Å². The van der Waals surface area contributed by atoms with E-state index in [1.807, 2.05) is 0 Å². The van der Waals surface area contributed by atoms with E-state index in [2.05, 4.69) is 10.3 Å². The number of aromatic nitrogens is 3. The van der Waals surface area contributed by atoms with Gasteiger partial charge in [-0.2, -0.15) is 0 Å². The van der Waals surface area contributed by atoms with Gasteiger partial charge in [0.1, 0.15) is 5.52 Å². The summed E-state index contributed by atoms with van der Waals surface area (Å²) in [7, 11) is 1.36. The van der Waals surface area contributed by atoms with Gasteiger partial charge >= 0.3 is 0 Å². The van der Waals surface area contributed by atoms with Gasteiger partial charge in [0, 0.05) is 6.07 Å². The number of hydrogen-bond acceptors (Lipinski definition) is 6. The van der Waals surface area contributed by atoms with Crippen molar-refractivity contribution in [3.05, 3.63) is 22.2 Å². The molecule has 0 bridgehead atoms. The van der Waals surface area contributed by atoms with Crippen LogP contribution in [0.25, 0.3) is 11.0 Å². The first kappa shape index (κ1) is 9.19. The van der Waals surface area contributed by atoms with Gasteiger partial charge in [-0.05, 0) is 5.21 Å². The Morgan fingerprint density at radius 1 is 1.60 bits per heavy atom. The molecule has 0 aliphatic carbocycles. The molecular formula is C7H6N4O4. The van der Waals surface area contributed by atoms with Crippen molar-refractivity contribution in [3.63, 3.8) is 0 Å². The van der Waals surface area contributed by atoms with Crippen LogP contribution in [0.3, 0.4) is 0 Å². The molecule has 8 nitrogen and oxygen atoms in total. The number of benzene rings is 1. The van der Waals surface area contributed by atoms with Crippen LogP contribution >= 0.6 is 0 Å². The minimum atomic E-state index is -0.588. The summed E-state index contributed by atoms with van der Waals surface area (Å²) in [6.45, 7) is 0. The number of ether oxygens (including phenoxy) is 1. The molecule has 78 valence electrons. The molecule has 0 aliphatic heterocycles. The zero-order valence-corrected chi connectivity index (χ0v) is 7.62. The largest absolute Gasteiger partial charge is 0.494 e. The molecule has 1 aromatic carbocycles. The Morgan fingerprint density at radius 2 is 2.33 bits per heavy atom. The molecule has 2 rings (SSSR count). The summed E-state index contributed by atoms with van der Waals surface area (Å²) in [5.41, 5.74) is 0.198.